The maximum absolute atomic E-state index is 8.55. The molecule has 0 atom stereocenters. The molecule has 2 rings (SSSR count). The number of benzene rings is 1. The van der Waals surface area contributed by atoms with Crippen LogP contribution in [0.5, 0.6) is 0 Å². The molecule has 14 heavy (non-hydrogen) atoms. The molecule has 2 N–H and O–H groups in total. The van der Waals surface area contributed by atoms with E-state index < -0.39 is 0 Å². The van der Waals surface area contributed by atoms with Gasteiger partial charge in [-0.1, -0.05) is 6.07 Å². The second-order valence-corrected chi connectivity index (χ2v) is 2.95. The lowest BCUT2D eigenvalue weighted by Crippen LogP contribution is -1.94. The lowest BCUT2D eigenvalue weighted by Gasteiger charge is -2.01. The van der Waals surface area contributed by atoms with Gasteiger partial charge >= 0.3 is 0 Å². The Balaban J connectivity index is 2.65. The number of nitrogens with zero attached hydrogens (tertiary/aromatic N) is 3. The molecule has 0 aliphatic rings. The number of fused-ring (bicyclic) bond motifs is 1. The Morgan fingerprint density at radius 2 is 2.21 bits per heavy atom. The van der Waals surface area contributed by atoms with Crippen LogP contribution in [-0.2, 0) is 6.42 Å². The van der Waals surface area contributed by atoms with Crippen molar-refractivity contribution in [3.8, 4) is 6.07 Å². The van der Waals surface area contributed by atoms with Crippen LogP contribution in [0.25, 0.3) is 10.9 Å². The minimum atomic E-state index is 0.379. The molecule has 0 fully saturated rings. The van der Waals surface area contributed by atoms with Gasteiger partial charge in [0.15, 0.2) is 0 Å². The third-order valence-corrected chi connectivity index (χ3v) is 2.01. The zero-order chi connectivity index (χ0) is 9.97. The molecule has 0 unspecified atom stereocenters. The Hall–Kier alpha value is -2.15. The van der Waals surface area contributed by atoms with Crippen molar-refractivity contribution < 1.29 is 0 Å². The van der Waals surface area contributed by atoms with Gasteiger partial charge in [-0.05, 0) is 17.7 Å². The normalized spacial score (nSPS) is 9.93. The van der Waals surface area contributed by atoms with Crippen molar-refractivity contribution in [3.05, 3.63) is 30.1 Å². The van der Waals surface area contributed by atoms with E-state index >= 15 is 0 Å². The van der Waals surface area contributed by atoms with Gasteiger partial charge in [-0.2, -0.15) is 5.26 Å². The summed E-state index contributed by atoms with van der Waals surface area (Å²) in [5, 5.41) is 9.35. The molecule has 4 nitrogen and oxygen atoms in total. The number of nitriles is 1. The molecular weight excluding hydrogens is 176 g/mol. The Labute approximate surface area is 81.0 Å². The summed E-state index contributed by atoms with van der Waals surface area (Å²) in [6.45, 7) is 0. The highest BCUT2D eigenvalue weighted by Crippen LogP contribution is 2.18. The number of nitrogens with two attached hydrogens (primary N) is 1. The van der Waals surface area contributed by atoms with Gasteiger partial charge in [0.1, 0.15) is 12.1 Å². The van der Waals surface area contributed by atoms with Crippen LogP contribution in [0, 0.1) is 11.3 Å². The van der Waals surface area contributed by atoms with E-state index in [4.69, 9.17) is 11.0 Å². The Morgan fingerprint density at radius 1 is 1.36 bits per heavy atom. The highest BCUT2D eigenvalue weighted by atomic mass is 14.9. The first-order valence-electron chi connectivity index (χ1n) is 4.17. The summed E-state index contributed by atoms with van der Waals surface area (Å²) in [6.07, 6.45) is 1.81. The molecule has 0 radical (unpaired) electrons. The first-order chi connectivity index (χ1) is 6.81. The minimum absolute atomic E-state index is 0.379. The van der Waals surface area contributed by atoms with Crippen molar-refractivity contribution in [1.82, 2.24) is 9.97 Å². The lowest BCUT2D eigenvalue weighted by atomic mass is 10.1. The van der Waals surface area contributed by atoms with Crippen molar-refractivity contribution in [2.45, 2.75) is 6.42 Å². The van der Waals surface area contributed by atoms with E-state index in [9.17, 15) is 0 Å². The quantitative estimate of drug-likeness (QED) is 0.724. The summed E-state index contributed by atoms with van der Waals surface area (Å²) in [6, 6.07) is 7.66. The molecule has 0 spiro atoms. The van der Waals surface area contributed by atoms with E-state index in [2.05, 4.69) is 16.0 Å². The van der Waals surface area contributed by atoms with Gasteiger partial charge in [0.25, 0.3) is 0 Å². The summed E-state index contributed by atoms with van der Waals surface area (Å²) in [4.78, 5) is 7.96. The second-order valence-electron chi connectivity index (χ2n) is 2.95. The van der Waals surface area contributed by atoms with Gasteiger partial charge in [-0.25, -0.2) is 9.97 Å². The molecule has 0 amide bonds. The fraction of sp³-hybridized carbons (Fsp3) is 0.100. The fourth-order valence-corrected chi connectivity index (χ4v) is 1.32. The molecule has 0 aliphatic carbocycles. The maximum atomic E-state index is 8.55. The van der Waals surface area contributed by atoms with Crippen molar-refractivity contribution >= 4 is 16.7 Å². The van der Waals surface area contributed by atoms with E-state index in [0.717, 1.165) is 16.5 Å². The molecule has 0 bridgehead atoms. The van der Waals surface area contributed by atoms with Crippen LogP contribution in [-0.4, -0.2) is 9.97 Å². The SMILES string of the molecule is N#CCc1ccc2ncnc(N)c2c1. The molecule has 0 aliphatic heterocycles. The molecule has 1 aromatic heterocycles. The van der Waals surface area contributed by atoms with Gasteiger partial charge in [0.05, 0.1) is 18.0 Å². The predicted molar refractivity (Wildman–Crippen MR) is 53.3 cm³/mol. The van der Waals surface area contributed by atoms with Crippen LogP contribution in [0.2, 0.25) is 0 Å². The summed E-state index contributed by atoms with van der Waals surface area (Å²) < 4.78 is 0. The zero-order valence-corrected chi connectivity index (χ0v) is 7.44. The van der Waals surface area contributed by atoms with Gasteiger partial charge in [0, 0.05) is 5.39 Å². The van der Waals surface area contributed by atoms with Crippen molar-refractivity contribution in [2.75, 3.05) is 5.73 Å². The van der Waals surface area contributed by atoms with Crippen molar-refractivity contribution in [3.63, 3.8) is 0 Å². The van der Waals surface area contributed by atoms with E-state index in [0.29, 0.717) is 12.2 Å². The van der Waals surface area contributed by atoms with Crippen LogP contribution >= 0.6 is 0 Å². The molecule has 2 aromatic rings. The van der Waals surface area contributed by atoms with E-state index in [1.165, 1.54) is 6.33 Å². The number of hydrogen-bond acceptors (Lipinski definition) is 4. The monoisotopic (exact) mass is 184 g/mol. The highest BCUT2D eigenvalue weighted by Gasteiger charge is 2.00. The second kappa shape index (κ2) is 3.30. The average Bonchev–Trinajstić information content (AvgIpc) is 2.20. The van der Waals surface area contributed by atoms with Crippen LogP contribution in [0.1, 0.15) is 5.56 Å². The molecule has 1 heterocycles. The zero-order valence-electron chi connectivity index (χ0n) is 7.44. The molecule has 4 heteroatoms. The summed E-state index contributed by atoms with van der Waals surface area (Å²) in [5.41, 5.74) is 7.42. The highest BCUT2D eigenvalue weighted by molar-refractivity contribution is 5.88. The Morgan fingerprint density at radius 3 is 3.00 bits per heavy atom. The molecule has 68 valence electrons. The molecule has 0 saturated heterocycles. The summed E-state index contributed by atoms with van der Waals surface area (Å²) in [7, 11) is 0. The molecule has 1 aromatic carbocycles. The Bertz CT molecular complexity index is 513. The standard InChI is InChI=1S/C10H8N4/c11-4-3-7-1-2-9-8(5-7)10(12)14-6-13-9/h1-2,5-6H,3H2,(H2,12,13,14). The fourth-order valence-electron chi connectivity index (χ4n) is 1.32. The number of hydrogen-bond donors (Lipinski definition) is 1. The van der Waals surface area contributed by atoms with Crippen LogP contribution in [0.15, 0.2) is 24.5 Å². The van der Waals surface area contributed by atoms with E-state index in [1.807, 2.05) is 18.2 Å². The van der Waals surface area contributed by atoms with Gasteiger partial charge in [-0.15, -0.1) is 0 Å². The maximum Gasteiger partial charge on any atom is 0.134 e. The average molecular weight is 184 g/mol. The predicted octanol–water partition coefficient (Wildman–Crippen LogP) is 1.28. The topological polar surface area (TPSA) is 75.6 Å². The largest absolute Gasteiger partial charge is 0.383 e. The lowest BCUT2D eigenvalue weighted by molar-refractivity contribution is 1.22. The molecular formula is C10H8N4. The van der Waals surface area contributed by atoms with E-state index in [-0.39, 0.29) is 0 Å². The first kappa shape index (κ1) is 8.45. The smallest absolute Gasteiger partial charge is 0.134 e. The van der Waals surface area contributed by atoms with Gasteiger partial charge in [0.2, 0.25) is 0 Å². The van der Waals surface area contributed by atoms with Gasteiger partial charge < -0.3 is 5.73 Å². The minimum Gasteiger partial charge on any atom is -0.383 e. The molecule has 0 saturated carbocycles. The van der Waals surface area contributed by atoms with E-state index in [1.54, 1.807) is 0 Å². The Kier molecular flexibility index (Phi) is 1.99. The number of rotatable bonds is 1. The first-order valence-corrected chi connectivity index (χ1v) is 4.17. The third-order valence-electron chi connectivity index (χ3n) is 2.01. The van der Waals surface area contributed by atoms with Crippen molar-refractivity contribution in [2.24, 2.45) is 0 Å². The van der Waals surface area contributed by atoms with Gasteiger partial charge in [-0.3, -0.25) is 0 Å². The van der Waals surface area contributed by atoms with Crippen LogP contribution < -0.4 is 5.73 Å². The van der Waals surface area contributed by atoms with Crippen LogP contribution in [0.4, 0.5) is 5.82 Å². The third kappa shape index (κ3) is 1.36. The number of aromatic nitrogens is 2. The number of anilines is 1. The number of nitrogen functional groups attached to an aromatic ring is 1. The van der Waals surface area contributed by atoms with Crippen molar-refractivity contribution in [1.29, 1.82) is 5.26 Å². The summed E-state index contributed by atoms with van der Waals surface area (Å²) in [5.74, 6) is 0.454. The summed E-state index contributed by atoms with van der Waals surface area (Å²) >= 11 is 0. The van der Waals surface area contributed by atoms with Crippen LogP contribution in [0.3, 0.4) is 0 Å².